The van der Waals surface area contributed by atoms with Crippen molar-refractivity contribution in [1.82, 2.24) is 10.1 Å². The van der Waals surface area contributed by atoms with Crippen molar-refractivity contribution in [2.24, 2.45) is 11.8 Å². The van der Waals surface area contributed by atoms with E-state index in [1.807, 2.05) is 0 Å². The van der Waals surface area contributed by atoms with Crippen LogP contribution in [0.3, 0.4) is 0 Å². The van der Waals surface area contributed by atoms with E-state index in [0.29, 0.717) is 24.1 Å². The second-order valence-electron chi connectivity index (χ2n) is 6.49. The fourth-order valence-electron chi connectivity index (χ4n) is 3.87. The Morgan fingerprint density at radius 2 is 2.10 bits per heavy atom. The standard InChI is InChI=1S/C15H22N2O4/c1-9-7-10(11(8-9)13(18)19)12-16-14(17-21-12)15(20-2)5-3-4-6-15/h9-11H,3-8H2,1-2H3,(H,18,19). The minimum atomic E-state index is -0.772. The van der Waals surface area contributed by atoms with Crippen molar-refractivity contribution in [3.63, 3.8) is 0 Å². The lowest BCUT2D eigenvalue weighted by Gasteiger charge is -2.22. The second kappa shape index (κ2) is 5.40. The van der Waals surface area contributed by atoms with Crippen LogP contribution < -0.4 is 0 Å². The molecular weight excluding hydrogens is 272 g/mol. The van der Waals surface area contributed by atoms with Gasteiger partial charge >= 0.3 is 5.97 Å². The highest BCUT2D eigenvalue weighted by Gasteiger charge is 2.44. The Balaban J connectivity index is 1.86. The van der Waals surface area contributed by atoms with Crippen LogP contribution in [-0.2, 0) is 15.1 Å². The van der Waals surface area contributed by atoms with Crippen molar-refractivity contribution >= 4 is 5.97 Å². The zero-order valence-corrected chi connectivity index (χ0v) is 12.5. The van der Waals surface area contributed by atoms with Gasteiger partial charge in [0.15, 0.2) is 0 Å². The number of rotatable bonds is 4. The Morgan fingerprint density at radius 3 is 2.71 bits per heavy atom. The molecule has 0 aromatic carbocycles. The molecule has 2 aliphatic carbocycles. The van der Waals surface area contributed by atoms with Gasteiger partial charge in [-0.15, -0.1) is 0 Å². The van der Waals surface area contributed by atoms with Crippen LogP contribution in [0.25, 0.3) is 0 Å². The van der Waals surface area contributed by atoms with Gasteiger partial charge in [-0.1, -0.05) is 12.1 Å². The van der Waals surface area contributed by atoms with Crippen molar-refractivity contribution in [2.45, 2.75) is 57.0 Å². The first-order chi connectivity index (χ1) is 10.1. The minimum absolute atomic E-state index is 0.172. The summed E-state index contributed by atoms with van der Waals surface area (Å²) in [6, 6.07) is 0. The summed E-state index contributed by atoms with van der Waals surface area (Å²) in [5, 5.41) is 13.5. The summed E-state index contributed by atoms with van der Waals surface area (Å²) in [4.78, 5) is 15.9. The molecule has 3 rings (SSSR count). The monoisotopic (exact) mass is 294 g/mol. The fourth-order valence-corrected chi connectivity index (χ4v) is 3.87. The van der Waals surface area contributed by atoms with Crippen LogP contribution >= 0.6 is 0 Å². The van der Waals surface area contributed by atoms with E-state index in [4.69, 9.17) is 9.26 Å². The van der Waals surface area contributed by atoms with Gasteiger partial charge in [0.25, 0.3) is 0 Å². The zero-order valence-electron chi connectivity index (χ0n) is 12.5. The third kappa shape index (κ3) is 2.46. The molecule has 116 valence electrons. The quantitative estimate of drug-likeness (QED) is 0.919. The molecule has 1 aromatic rings. The SMILES string of the molecule is COC1(c2noc(C3CC(C)CC3C(=O)O)n2)CCCC1. The predicted octanol–water partition coefficient (Wildman–Crippen LogP) is 2.70. The molecule has 0 radical (unpaired) electrons. The number of aromatic nitrogens is 2. The molecule has 2 fully saturated rings. The minimum Gasteiger partial charge on any atom is -0.481 e. The summed E-state index contributed by atoms with van der Waals surface area (Å²) >= 11 is 0. The fraction of sp³-hybridized carbons (Fsp3) is 0.800. The van der Waals surface area contributed by atoms with Crippen LogP contribution in [0, 0.1) is 11.8 Å². The molecule has 0 aliphatic heterocycles. The topological polar surface area (TPSA) is 85.5 Å². The van der Waals surface area contributed by atoms with Crippen LogP contribution in [0.4, 0.5) is 0 Å². The lowest BCUT2D eigenvalue weighted by molar-refractivity contribution is -0.142. The lowest BCUT2D eigenvalue weighted by Crippen LogP contribution is -2.26. The van der Waals surface area contributed by atoms with Crippen molar-refractivity contribution < 1.29 is 19.2 Å². The molecule has 1 N–H and O–H groups in total. The van der Waals surface area contributed by atoms with E-state index in [2.05, 4.69) is 17.1 Å². The van der Waals surface area contributed by atoms with Crippen LogP contribution in [0.2, 0.25) is 0 Å². The van der Waals surface area contributed by atoms with E-state index >= 15 is 0 Å². The average Bonchev–Trinajstić information content (AvgIpc) is 3.17. The molecule has 1 aromatic heterocycles. The number of nitrogens with zero attached hydrogens (tertiary/aromatic N) is 2. The molecule has 1 heterocycles. The van der Waals surface area contributed by atoms with Gasteiger partial charge in [-0.3, -0.25) is 4.79 Å². The van der Waals surface area contributed by atoms with Crippen molar-refractivity contribution in [3.8, 4) is 0 Å². The molecule has 0 bridgehead atoms. The Hall–Kier alpha value is -1.43. The largest absolute Gasteiger partial charge is 0.481 e. The van der Waals surface area contributed by atoms with E-state index in [9.17, 15) is 9.90 Å². The maximum Gasteiger partial charge on any atom is 0.307 e. The van der Waals surface area contributed by atoms with Gasteiger partial charge in [0, 0.05) is 7.11 Å². The van der Waals surface area contributed by atoms with Gasteiger partial charge in [0.1, 0.15) is 5.60 Å². The van der Waals surface area contributed by atoms with Crippen LogP contribution in [0.5, 0.6) is 0 Å². The van der Waals surface area contributed by atoms with E-state index in [0.717, 1.165) is 32.1 Å². The first-order valence-electron chi connectivity index (χ1n) is 7.68. The van der Waals surface area contributed by atoms with Gasteiger partial charge in [0.2, 0.25) is 11.7 Å². The van der Waals surface area contributed by atoms with Gasteiger partial charge in [0.05, 0.1) is 11.8 Å². The third-order valence-electron chi connectivity index (χ3n) is 5.08. The Labute approximate surface area is 123 Å². The molecular formula is C15H22N2O4. The van der Waals surface area contributed by atoms with E-state index in [1.54, 1.807) is 7.11 Å². The summed E-state index contributed by atoms with van der Waals surface area (Å²) in [7, 11) is 1.68. The van der Waals surface area contributed by atoms with Crippen LogP contribution in [0.15, 0.2) is 4.52 Å². The molecule has 0 saturated heterocycles. The van der Waals surface area contributed by atoms with Crippen LogP contribution in [-0.4, -0.2) is 28.3 Å². The maximum atomic E-state index is 11.4. The normalized spacial score (nSPS) is 31.6. The summed E-state index contributed by atoms with van der Waals surface area (Å²) in [6.45, 7) is 2.07. The zero-order chi connectivity index (χ0) is 15.0. The number of hydrogen-bond acceptors (Lipinski definition) is 5. The molecule has 0 amide bonds. The molecule has 2 aliphatic rings. The number of carboxylic acids is 1. The predicted molar refractivity (Wildman–Crippen MR) is 73.7 cm³/mol. The van der Waals surface area contributed by atoms with E-state index in [1.165, 1.54) is 0 Å². The Bertz CT molecular complexity index is 521. The lowest BCUT2D eigenvalue weighted by atomic mass is 9.96. The van der Waals surface area contributed by atoms with Crippen LogP contribution in [0.1, 0.15) is 63.1 Å². The Kier molecular flexibility index (Phi) is 3.73. The third-order valence-corrected chi connectivity index (χ3v) is 5.08. The van der Waals surface area contributed by atoms with Gasteiger partial charge in [-0.25, -0.2) is 0 Å². The van der Waals surface area contributed by atoms with Gasteiger partial charge < -0.3 is 14.4 Å². The van der Waals surface area contributed by atoms with E-state index in [-0.39, 0.29) is 5.92 Å². The number of carbonyl (C=O) groups is 1. The molecule has 3 unspecified atom stereocenters. The summed E-state index contributed by atoms with van der Waals surface area (Å²) < 4.78 is 11.1. The molecule has 2 saturated carbocycles. The molecule has 21 heavy (non-hydrogen) atoms. The summed E-state index contributed by atoms with van der Waals surface area (Å²) in [5.41, 5.74) is -0.440. The first kappa shape index (κ1) is 14.5. The number of methoxy groups -OCH3 is 1. The molecule has 3 atom stereocenters. The van der Waals surface area contributed by atoms with Gasteiger partial charge in [-0.2, -0.15) is 4.98 Å². The van der Waals surface area contributed by atoms with Crippen molar-refractivity contribution in [2.75, 3.05) is 7.11 Å². The maximum absolute atomic E-state index is 11.4. The number of hydrogen-bond donors (Lipinski definition) is 1. The highest BCUT2D eigenvalue weighted by Crippen LogP contribution is 2.44. The highest BCUT2D eigenvalue weighted by molar-refractivity contribution is 5.71. The average molecular weight is 294 g/mol. The smallest absolute Gasteiger partial charge is 0.307 e. The van der Waals surface area contributed by atoms with E-state index < -0.39 is 17.5 Å². The molecule has 0 spiro atoms. The van der Waals surface area contributed by atoms with Crippen molar-refractivity contribution in [1.29, 1.82) is 0 Å². The number of ether oxygens (including phenoxy) is 1. The van der Waals surface area contributed by atoms with Gasteiger partial charge in [-0.05, 0) is 44.4 Å². The summed E-state index contributed by atoms with van der Waals surface area (Å²) in [5.74, 6) is 0.0523. The summed E-state index contributed by atoms with van der Waals surface area (Å²) in [6.07, 6.45) is 5.44. The molecule has 6 nitrogen and oxygen atoms in total. The van der Waals surface area contributed by atoms with Crippen molar-refractivity contribution in [3.05, 3.63) is 11.7 Å². The first-order valence-corrected chi connectivity index (χ1v) is 7.68. The highest BCUT2D eigenvalue weighted by atomic mass is 16.5. The number of carboxylic acid groups (broad SMARTS) is 1. The second-order valence-corrected chi connectivity index (χ2v) is 6.49. The molecule has 6 heteroatoms. The number of aliphatic carboxylic acids is 1. The Morgan fingerprint density at radius 1 is 1.38 bits per heavy atom.